The Hall–Kier alpha value is -3.73. The van der Waals surface area contributed by atoms with E-state index in [-0.39, 0.29) is 11.7 Å². The topological polar surface area (TPSA) is 114 Å². The number of anilines is 3. The lowest BCUT2D eigenvalue weighted by Crippen LogP contribution is -2.25. The first kappa shape index (κ1) is 28.3. The van der Waals surface area contributed by atoms with Crippen molar-refractivity contribution in [1.29, 1.82) is 0 Å². The molecule has 0 aliphatic heterocycles. The van der Waals surface area contributed by atoms with Gasteiger partial charge in [-0.2, -0.15) is 0 Å². The fourth-order valence-electron chi connectivity index (χ4n) is 3.64. The molecule has 1 aromatic heterocycles. The van der Waals surface area contributed by atoms with E-state index in [2.05, 4.69) is 25.3 Å². The maximum Gasteiger partial charge on any atom is 0.251 e. The number of halogens is 1. The molecule has 0 bridgehead atoms. The van der Waals surface area contributed by atoms with E-state index in [9.17, 15) is 9.00 Å². The van der Waals surface area contributed by atoms with E-state index < -0.39 is 11.0 Å². The number of amides is 1. The Balaban J connectivity index is 1.53. The van der Waals surface area contributed by atoms with E-state index in [0.29, 0.717) is 69.9 Å². The first-order valence-corrected chi connectivity index (χ1v) is 14.0. The Morgan fingerprint density at radius 1 is 0.974 bits per heavy atom. The van der Waals surface area contributed by atoms with Crippen molar-refractivity contribution in [3.63, 3.8) is 0 Å². The minimum atomic E-state index is -1.75. The summed E-state index contributed by atoms with van der Waals surface area (Å²) in [7, 11) is -0.180. The minimum Gasteiger partial charge on any atom is -0.497 e. The number of hydrogen-bond acceptors (Lipinski definition) is 7. The molecule has 0 saturated heterocycles. The number of hydrogen-bond donors (Lipinski definition) is 3. The fraction of sp³-hybridized carbons (Fsp3) is 0.250. The van der Waals surface area contributed by atoms with Crippen molar-refractivity contribution < 1.29 is 18.5 Å². The van der Waals surface area contributed by atoms with Crippen LogP contribution in [0.25, 0.3) is 11.0 Å². The number of carbonyl (C=O) groups is 1. The van der Waals surface area contributed by atoms with Gasteiger partial charge in [-0.1, -0.05) is 36.7 Å². The third kappa shape index (κ3) is 7.66. The maximum absolute atomic E-state index is 13.4. The molecule has 3 aromatic carbocycles. The smallest absolute Gasteiger partial charge is 0.251 e. The van der Waals surface area contributed by atoms with Crippen LogP contribution in [-0.2, 0) is 15.7 Å². The summed E-state index contributed by atoms with van der Waals surface area (Å²) in [5, 5.41) is 6.50. The molecule has 9 nitrogen and oxygen atoms in total. The molecule has 4 aromatic rings. The number of ether oxygens (including phenoxy) is 2. The molecular weight excluding hydrogens is 538 g/mol. The molecule has 3 N–H and O–H groups in total. The van der Waals surface area contributed by atoms with Crippen LogP contribution >= 0.6 is 11.6 Å². The number of nitrogens with zero attached hydrogens (tertiary/aromatic N) is 2. The molecule has 0 aliphatic rings. The summed E-state index contributed by atoms with van der Waals surface area (Å²) >= 11 is 6.40. The van der Waals surface area contributed by atoms with Gasteiger partial charge in [-0.15, -0.1) is 0 Å². The SMILES string of the molecule is CCCOCCCNC(=O)c1cccc(S(=O)Nc2nc3ccccc3nc2Nc2cc(OC)ccc2Cl)c1. The van der Waals surface area contributed by atoms with Crippen molar-refractivity contribution in [1.82, 2.24) is 15.3 Å². The van der Waals surface area contributed by atoms with Crippen molar-refractivity contribution in [2.75, 3.05) is 36.9 Å². The normalized spacial score (nSPS) is 11.7. The molecule has 0 aliphatic carbocycles. The quantitative estimate of drug-likeness (QED) is 0.177. The predicted molar refractivity (Wildman–Crippen MR) is 155 cm³/mol. The third-order valence-corrected chi connectivity index (χ3v) is 6.99. The predicted octanol–water partition coefficient (Wildman–Crippen LogP) is 5.72. The Bertz CT molecular complexity index is 1470. The Morgan fingerprint density at radius 3 is 2.49 bits per heavy atom. The van der Waals surface area contributed by atoms with Gasteiger partial charge in [0.05, 0.1) is 33.7 Å². The second kappa shape index (κ2) is 13.9. The lowest BCUT2D eigenvalue weighted by atomic mass is 10.2. The van der Waals surface area contributed by atoms with Crippen LogP contribution in [0.5, 0.6) is 5.75 Å². The molecule has 1 amide bonds. The monoisotopic (exact) mass is 567 g/mol. The molecule has 0 fully saturated rings. The van der Waals surface area contributed by atoms with Crippen LogP contribution in [0, 0.1) is 0 Å². The van der Waals surface area contributed by atoms with E-state index in [1.54, 1.807) is 49.6 Å². The summed E-state index contributed by atoms with van der Waals surface area (Å²) < 4.78 is 27.1. The second-order valence-electron chi connectivity index (χ2n) is 8.50. The molecule has 0 saturated carbocycles. The van der Waals surface area contributed by atoms with Crippen molar-refractivity contribution in [2.24, 2.45) is 0 Å². The molecule has 4 rings (SSSR count). The van der Waals surface area contributed by atoms with Gasteiger partial charge in [0, 0.05) is 31.4 Å². The number of benzene rings is 3. The van der Waals surface area contributed by atoms with Gasteiger partial charge in [0.2, 0.25) is 0 Å². The largest absolute Gasteiger partial charge is 0.497 e. The molecule has 204 valence electrons. The van der Waals surface area contributed by atoms with E-state index in [0.717, 1.165) is 6.42 Å². The van der Waals surface area contributed by atoms with Crippen molar-refractivity contribution >= 4 is 56.9 Å². The van der Waals surface area contributed by atoms with E-state index >= 15 is 0 Å². The number of para-hydroxylation sites is 2. The molecule has 1 atom stereocenters. The van der Waals surface area contributed by atoms with Crippen molar-refractivity contribution in [3.05, 3.63) is 77.3 Å². The number of methoxy groups -OCH3 is 1. The average Bonchev–Trinajstić information content (AvgIpc) is 2.96. The van der Waals surface area contributed by atoms with Crippen LogP contribution in [-0.4, -0.2) is 47.0 Å². The third-order valence-electron chi connectivity index (χ3n) is 5.60. The summed E-state index contributed by atoms with van der Waals surface area (Å²) in [6.45, 7) is 3.84. The lowest BCUT2D eigenvalue weighted by molar-refractivity contribution is 0.0941. The number of fused-ring (bicyclic) bond motifs is 1. The highest BCUT2D eigenvalue weighted by Gasteiger charge is 2.16. The zero-order valence-corrected chi connectivity index (χ0v) is 23.3. The van der Waals surface area contributed by atoms with Gasteiger partial charge in [-0.3, -0.25) is 9.52 Å². The van der Waals surface area contributed by atoms with Gasteiger partial charge < -0.3 is 20.1 Å². The Morgan fingerprint density at radius 2 is 1.74 bits per heavy atom. The molecule has 1 unspecified atom stereocenters. The van der Waals surface area contributed by atoms with Gasteiger partial charge in [-0.25, -0.2) is 14.2 Å². The fourth-order valence-corrected chi connectivity index (χ4v) is 4.67. The van der Waals surface area contributed by atoms with Crippen LogP contribution in [0.4, 0.5) is 17.3 Å². The first-order valence-electron chi connectivity index (χ1n) is 12.5. The zero-order chi connectivity index (χ0) is 27.6. The highest BCUT2D eigenvalue weighted by molar-refractivity contribution is 7.86. The number of rotatable bonds is 13. The van der Waals surface area contributed by atoms with E-state index in [1.807, 2.05) is 31.2 Å². The first-order chi connectivity index (χ1) is 19.0. The molecular formula is C28H30ClN5O4S. The zero-order valence-electron chi connectivity index (χ0n) is 21.7. The van der Waals surface area contributed by atoms with Crippen LogP contribution in [0.2, 0.25) is 5.02 Å². The standard InChI is InChI=1S/C28H30ClN5O4S/c1-3-15-38-16-7-14-30-28(35)19-8-6-9-21(17-19)39(36)34-27-26(31-23-10-4-5-11-24(23)32-27)33-25-18-20(37-2)12-13-22(25)29/h4-6,8-13,17-18H,3,7,14-16H2,1-2H3,(H,30,35)(H,31,33)(H,32,34). The summed E-state index contributed by atoms with van der Waals surface area (Å²) in [6.07, 6.45) is 1.67. The molecule has 1 heterocycles. The number of aromatic nitrogens is 2. The van der Waals surface area contributed by atoms with Crippen LogP contribution in [0.15, 0.2) is 71.6 Å². The summed E-state index contributed by atoms with van der Waals surface area (Å²) in [5.74, 6) is 0.950. The summed E-state index contributed by atoms with van der Waals surface area (Å²) in [4.78, 5) is 22.4. The van der Waals surface area contributed by atoms with Crippen molar-refractivity contribution in [3.8, 4) is 5.75 Å². The number of carbonyl (C=O) groups excluding carboxylic acids is 1. The van der Waals surface area contributed by atoms with E-state index in [1.165, 1.54) is 0 Å². The molecule has 39 heavy (non-hydrogen) atoms. The van der Waals surface area contributed by atoms with Crippen molar-refractivity contribution in [2.45, 2.75) is 24.7 Å². The average molecular weight is 568 g/mol. The molecule has 0 radical (unpaired) electrons. The van der Waals surface area contributed by atoms with Crippen LogP contribution < -0.4 is 20.1 Å². The maximum atomic E-state index is 13.4. The Labute approximate surface area is 234 Å². The summed E-state index contributed by atoms with van der Waals surface area (Å²) in [6, 6.07) is 19.2. The number of nitrogens with one attached hydrogen (secondary N) is 3. The second-order valence-corrected chi connectivity index (χ2v) is 10.1. The van der Waals surface area contributed by atoms with Gasteiger partial charge in [0.1, 0.15) is 5.75 Å². The highest BCUT2D eigenvalue weighted by Crippen LogP contribution is 2.32. The van der Waals surface area contributed by atoms with Crippen LogP contribution in [0.3, 0.4) is 0 Å². The van der Waals surface area contributed by atoms with Gasteiger partial charge in [0.25, 0.3) is 5.91 Å². The molecule has 0 spiro atoms. The van der Waals surface area contributed by atoms with E-state index in [4.69, 9.17) is 21.1 Å². The lowest BCUT2D eigenvalue weighted by Gasteiger charge is -2.15. The summed E-state index contributed by atoms with van der Waals surface area (Å²) in [5.41, 5.74) is 2.22. The van der Waals surface area contributed by atoms with Gasteiger partial charge >= 0.3 is 0 Å². The molecule has 11 heteroatoms. The van der Waals surface area contributed by atoms with Gasteiger partial charge in [0.15, 0.2) is 22.6 Å². The van der Waals surface area contributed by atoms with Crippen LogP contribution in [0.1, 0.15) is 30.1 Å². The Kier molecular flexibility index (Phi) is 10.1. The highest BCUT2D eigenvalue weighted by atomic mass is 35.5. The minimum absolute atomic E-state index is 0.245. The van der Waals surface area contributed by atoms with Gasteiger partial charge in [-0.05, 0) is 55.3 Å².